The lowest BCUT2D eigenvalue weighted by Crippen LogP contribution is -2.37. The molecule has 0 bridgehead atoms. The van der Waals surface area contributed by atoms with Crippen molar-refractivity contribution in [2.45, 2.75) is 18.9 Å². The van der Waals surface area contributed by atoms with Gasteiger partial charge in [0.15, 0.2) is 0 Å². The highest BCUT2D eigenvalue weighted by atomic mass is 16.5. The molecule has 2 amide bonds. The van der Waals surface area contributed by atoms with E-state index >= 15 is 0 Å². The van der Waals surface area contributed by atoms with Crippen LogP contribution < -0.4 is 15.4 Å². The van der Waals surface area contributed by atoms with Gasteiger partial charge >= 0.3 is 5.97 Å². The van der Waals surface area contributed by atoms with Crippen molar-refractivity contribution in [3.8, 4) is 5.75 Å². The Hall–Kier alpha value is -2.57. The third-order valence-corrected chi connectivity index (χ3v) is 3.00. The van der Waals surface area contributed by atoms with Gasteiger partial charge < -0.3 is 20.5 Å². The maximum atomic E-state index is 12.0. The predicted octanol–water partition coefficient (Wildman–Crippen LogP) is 0.402. The molecular formula is C14H16N2O5. The average Bonchev–Trinajstić information content (AvgIpc) is 3.27. The molecule has 1 aliphatic rings. The number of benzene rings is 1. The fourth-order valence-electron chi connectivity index (χ4n) is 1.74. The quantitative estimate of drug-likeness (QED) is 0.704. The molecule has 3 N–H and O–H groups in total. The minimum absolute atomic E-state index is 0.0538. The summed E-state index contributed by atoms with van der Waals surface area (Å²) in [4.78, 5) is 34.4. The van der Waals surface area contributed by atoms with Crippen molar-refractivity contribution in [2.75, 3.05) is 13.7 Å². The van der Waals surface area contributed by atoms with Crippen LogP contribution in [0.15, 0.2) is 18.2 Å². The number of ether oxygens (including phenoxy) is 1. The highest BCUT2D eigenvalue weighted by molar-refractivity contribution is 5.99. The summed E-state index contributed by atoms with van der Waals surface area (Å²) in [6, 6.07) is 4.20. The molecule has 1 aromatic rings. The van der Waals surface area contributed by atoms with Crippen LogP contribution in [0.2, 0.25) is 0 Å². The van der Waals surface area contributed by atoms with Crippen LogP contribution in [0, 0.1) is 0 Å². The second kappa shape index (κ2) is 6.25. The van der Waals surface area contributed by atoms with Gasteiger partial charge in [-0.1, -0.05) is 0 Å². The van der Waals surface area contributed by atoms with Gasteiger partial charge in [-0.3, -0.25) is 9.59 Å². The number of hydrogen-bond donors (Lipinski definition) is 3. The van der Waals surface area contributed by atoms with Crippen LogP contribution in [0.25, 0.3) is 0 Å². The standard InChI is InChI=1S/C14H16N2O5/c1-21-11-5-8(4-9(6-11)14(19)20)13(18)15-7-12(17)16-10-2-3-10/h4-6,10H,2-3,7H2,1H3,(H,15,18)(H,16,17)(H,19,20). The molecule has 1 aliphatic carbocycles. The zero-order valence-corrected chi connectivity index (χ0v) is 11.5. The third kappa shape index (κ3) is 4.20. The van der Waals surface area contributed by atoms with Gasteiger partial charge in [-0.05, 0) is 31.0 Å². The molecule has 7 nitrogen and oxygen atoms in total. The molecule has 112 valence electrons. The number of nitrogens with one attached hydrogen (secondary N) is 2. The molecule has 0 aromatic heterocycles. The Bertz CT molecular complexity index is 581. The van der Waals surface area contributed by atoms with Crippen molar-refractivity contribution in [2.24, 2.45) is 0 Å². The second-order valence-corrected chi connectivity index (χ2v) is 4.78. The fraction of sp³-hybridized carbons (Fsp3) is 0.357. The van der Waals surface area contributed by atoms with Gasteiger partial charge in [-0.25, -0.2) is 4.79 Å². The number of aromatic carboxylic acids is 1. The Balaban J connectivity index is 2.01. The van der Waals surface area contributed by atoms with Crippen LogP contribution >= 0.6 is 0 Å². The normalized spacial score (nSPS) is 13.4. The lowest BCUT2D eigenvalue weighted by Gasteiger charge is -2.08. The Labute approximate surface area is 121 Å². The van der Waals surface area contributed by atoms with Crippen molar-refractivity contribution >= 4 is 17.8 Å². The van der Waals surface area contributed by atoms with E-state index in [1.165, 1.54) is 25.3 Å². The summed E-state index contributed by atoms with van der Waals surface area (Å²) >= 11 is 0. The van der Waals surface area contributed by atoms with Gasteiger partial charge in [0.25, 0.3) is 5.91 Å². The van der Waals surface area contributed by atoms with Gasteiger partial charge in [0.1, 0.15) is 5.75 Å². The first kappa shape index (κ1) is 14.8. The summed E-state index contributed by atoms with van der Waals surface area (Å²) in [5.41, 5.74) is 0.0768. The first-order chi connectivity index (χ1) is 9.99. The van der Waals surface area contributed by atoms with Gasteiger partial charge in [0.2, 0.25) is 5.91 Å². The van der Waals surface area contributed by atoms with Crippen LogP contribution in [-0.4, -0.2) is 42.6 Å². The molecule has 0 aliphatic heterocycles. The number of amides is 2. The molecular weight excluding hydrogens is 276 g/mol. The monoisotopic (exact) mass is 292 g/mol. The van der Waals surface area contributed by atoms with E-state index in [0.29, 0.717) is 0 Å². The molecule has 0 heterocycles. The summed E-state index contributed by atoms with van der Waals surface area (Å²) in [7, 11) is 1.38. The van der Waals surface area contributed by atoms with Crippen molar-refractivity contribution in [3.63, 3.8) is 0 Å². The number of carboxylic acids is 1. The Morgan fingerprint density at radius 2 is 1.90 bits per heavy atom. The van der Waals surface area contributed by atoms with E-state index in [1.54, 1.807) is 0 Å². The predicted molar refractivity (Wildman–Crippen MR) is 73.5 cm³/mol. The van der Waals surface area contributed by atoms with Gasteiger partial charge in [-0.2, -0.15) is 0 Å². The van der Waals surface area contributed by atoms with Gasteiger partial charge in [0.05, 0.1) is 19.2 Å². The molecule has 1 aromatic carbocycles. The van der Waals surface area contributed by atoms with Crippen LogP contribution in [0.5, 0.6) is 5.75 Å². The fourth-order valence-corrected chi connectivity index (χ4v) is 1.74. The van der Waals surface area contributed by atoms with Gasteiger partial charge in [-0.15, -0.1) is 0 Å². The van der Waals surface area contributed by atoms with Crippen LogP contribution in [0.1, 0.15) is 33.6 Å². The van der Waals surface area contributed by atoms with Gasteiger partial charge in [0, 0.05) is 11.6 Å². The highest BCUT2D eigenvalue weighted by Gasteiger charge is 2.23. The molecule has 1 fully saturated rings. The SMILES string of the molecule is COc1cc(C(=O)O)cc(C(=O)NCC(=O)NC2CC2)c1. The van der Waals surface area contributed by atoms with E-state index in [0.717, 1.165) is 12.8 Å². The molecule has 7 heteroatoms. The molecule has 21 heavy (non-hydrogen) atoms. The molecule has 0 saturated heterocycles. The zero-order valence-electron chi connectivity index (χ0n) is 11.5. The maximum absolute atomic E-state index is 12.0. The molecule has 0 radical (unpaired) electrons. The number of hydrogen-bond acceptors (Lipinski definition) is 4. The van der Waals surface area contributed by atoms with E-state index in [2.05, 4.69) is 10.6 Å². The first-order valence-electron chi connectivity index (χ1n) is 6.49. The largest absolute Gasteiger partial charge is 0.497 e. The summed E-state index contributed by atoms with van der Waals surface area (Å²) in [6.07, 6.45) is 1.94. The van der Waals surface area contributed by atoms with Crippen molar-refractivity contribution in [1.82, 2.24) is 10.6 Å². The molecule has 0 unspecified atom stereocenters. The molecule has 0 atom stereocenters. The van der Waals surface area contributed by atoms with Crippen LogP contribution in [0.4, 0.5) is 0 Å². The van der Waals surface area contributed by atoms with Crippen LogP contribution in [-0.2, 0) is 4.79 Å². The number of carboxylic acid groups (broad SMARTS) is 1. The van der Waals surface area contributed by atoms with E-state index < -0.39 is 11.9 Å². The Morgan fingerprint density at radius 3 is 2.48 bits per heavy atom. The third-order valence-electron chi connectivity index (χ3n) is 3.00. The Kier molecular flexibility index (Phi) is 4.42. The lowest BCUT2D eigenvalue weighted by molar-refractivity contribution is -0.120. The number of rotatable bonds is 6. The van der Waals surface area contributed by atoms with Crippen LogP contribution in [0.3, 0.4) is 0 Å². The smallest absolute Gasteiger partial charge is 0.335 e. The average molecular weight is 292 g/mol. The maximum Gasteiger partial charge on any atom is 0.335 e. The molecule has 1 saturated carbocycles. The highest BCUT2D eigenvalue weighted by Crippen LogP contribution is 2.18. The van der Waals surface area contributed by atoms with Crippen molar-refractivity contribution in [3.05, 3.63) is 29.3 Å². The second-order valence-electron chi connectivity index (χ2n) is 4.78. The van der Waals surface area contributed by atoms with E-state index in [-0.39, 0.29) is 35.4 Å². The minimum atomic E-state index is -1.16. The van der Waals surface area contributed by atoms with Crippen molar-refractivity contribution < 1.29 is 24.2 Å². The van der Waals surface area contributed by atoms with E-state index in [9.17, 15) is 14.4 Å². The topological polar surface area (TPSA) is 105 Å². The number of methoxy groups -OCH3 is 1. The minimum Gasteiger partial charge on any atom is -0.497 e. The lowest BCUT2D eigenvalue weighted by atomic mass is 10.1. The molecule has 2 rings (SSSR count). The summed E-state index contributed by atoms with van der Waals surface area (Å²) in [5.74, 6) is -1.67. The first-order valence-corrected chi connectivity index (χ1v) is 6.49. The number of carbonyl (C=O) groups excluding carboxylic acids is 2. The summed E-state index contributed by atoms with van der Waals surface area (Å²) in [6.45, 7) is -0.144. The van der Waals surface area contributed by atoms with Crippen molar-refractivity contribution in [1.29, 1.82) is 0 Å². The summed E-state index contributed by atoms with van der Waals surface area (Å²) < 4.78 is 4.96. The Morgan fingerprint density at radius 1 is 1.24 bits per heavy atom. The zero-order chi connectivity index (χ0) is 15.4. The number of carbonyl (C=O) groups is 3. The van der Waals surface area contributed by atoms with E-state index in [4.69, 9.17) is 9.84 Å². The molecule has 0 spiro atoms. The summed E-state index contributed by atoms with van der Waals surface area (Å²) in [5, 5.41) is 14.2. The van der Waals surface area contributed by atoms with E-state index in [1.807, 2.05) is 0 Å².